The first kappa shape index (κ1) is 13.3. The number of benzene rings is 2. The van der Waals surface area contributed by atoms with Crippen LogP contribution in [0.3, 0.4) is 0 Å². The lowest BCUT2D eigenvalue weighted by Crippen LogP contribution is -2.00. The van der Waals surface area contributed by atoms with Crippen molar-refractivity contribution in [2.75, 3.05) is 12.8 Å². The summed E-state index contributed by atoms with van der Waals surface area (Å²) in [6.07, 6.45) is 0.935. The van der Waals surface area contributed by atoms with Gasteiger partial charge in [0.25, 0.3) is 0 Å². The third-order valence-corrected chi connectivity index (χ3v) is 3.04. The van der Waals surface area contributed by atoms with Crippen LogP contribution in [0.5, 0.6) is 11.5 Å². The van der Waals surface area contributed by atoms with Crippen LogP contribution >= 0.6 is 0 Å². The van der Waals surface area contributed by atoms with E-state index in [4.69, 9.17) is 15.2 Å². The summed E-state index contributed by atoms with van der Waals surface area (Å²) < 4.78 is 11.0. The van der Waals surface area contributed by atoms with Crippen LogP contribution in [-0.4, -0.2) is 7.11 Å². The standard InChI is InChI=1S/C16H19NO2/c1-3-13-10-12(8-9-15(13)18-2)11-19-16-7-5-4-6-14(16)17/h4-10H,3,11,17H2,1-2H3. The Balaban J connectivity index is 2.10. The van der Waals surface area contributed by atoms with Crippen LogP contribution < -0.4 is 15.2 Å². The van der Waals surface area contributed by atoms with Crippen LogP contribution in [0, 0.1) is 0 Å². The first-order chi connectivity index (χ1) is 9.24. The maximum absolute atomic E-state index is 5.84. The van der Waals surface area contributed by atoms with E-state index in [2.05, 4.69) is 13.0 Å². The first-order valence-electron chi connectivity index (χ1n) is 6.37. The first-order valence-corrected chi connectivity index (χ1v) is 6.37. The number of rotatable bonds is 5. The van der Waals surface area contributed by atoms with Crippen molar-refractivity contribution in [3.05, 3.63) is 53.6 Å². The molecule has 0 heterocycles. The molecule has 2 aromatic rings. The number of nitrogen functional groups attached to an aromatic ring is 1. The van der Waals surface area contributed by atoms with Gasteiger partial charge in [0, 0.05) is 0 Å². The van der Waals surface area contributed by atoms with E-state index in [-0.39, 0.29) is 0 Å². The highest BCUT2D eigenvalue weighted by atomic mass is 16.5. The van der Waals surface area contributed by atoms with E-state index in [1.807, 2.05) is 36.4 Å². The van der Waals surface area contributed by atoms with Crippen LogP contribution in [0.25, 0.3) is 0 Å². The predicted molar refractivity (Wildman–Crippen MR) is 77.6 cm³/mol. The van der Waals surface area contributed by atoms with Crippen molar-refractivity contribution in [3.63, 3.8) is 0 Å². The van der Waals surface area contributed by atoms with E-state index in [0.717, 1.165) is 23.5 Å². The summed E-state index contributed by atoms with van der Waals surface area (Å²) in [5.74, 6) is 1.64. The summed E-state index contributed by atoms with van der Waals surface area (Å²) in [5.41, 5.74) is 8.80. The van der Waals surface area contributed by atoms with Gasteiger partial charge in [0.15, 0.2) is 0 Å². The molecular formula is C16H19NO2. The van der Waals surface area contributed by atoms with Crippen molar-refractivity contribution in [3.8, 4) is 11.5 Å². The van der Waals surface area contributed by atoms with Crippen LogP contribution in [0.2, 0.25) is 0 Å². The molecule has 2 N–H and O–H groups in total. The Morgan fingerprint density at radius 3 is 2.53 bits per heavy atom. The topological polar surface area (TPSA) is 44.5 Å². The molecule has 19 heavy (non-hydrogen) atoms. The lowest BCUT2D eigenvalue weighted by molar-refractivity contribution is 0.307. The minimum absolute atomic E-state index is 0.505. The van der Waals surface area contributed by atoms with Crippen LogP contribution in [0.4, 0.5) is 5.69 Å². The quantitative estimate of drug-likeness (QED) is 0.835. The maximum atomic E-state index is 5.84. The predicted octanol–water partition coefficient (Wildman–Crippen LogP) is 3.42. The van der Waals surface area contributed by atoms with Gasteiger partial charge in [0.1, 0.15) is 18.1 Å². The third kappa shape index (κ3) is 3.19. The van der Waals surface area contributed by atoms with Crippen LogP contribution in [0.15, 0.2) is 42.5 Å². The van der Waals surface area contributed by atoms with E-state index >= 15 is 0 Å². The van der Waals surface area contributed by atoms with Crippen molar-refractivity contribution in [1.29, 1.82) is 0 Å². The molecule has 3 nitrogen and oxygen atoms in total. The Morgan fingerprint density at radius 1 is 1.05 bits per heavy atom. The molecule has 0 aromatic heterocycles. The van der Waals surface area contributed by atoms with Gasteiger partial charge in [-0.2, -0.15) is 0 Å². The Bertz CT molecular complexity index is 552. The minimum atomic E-state index is 0.505. The zero-order valence-electron chi connectivity index (χ0n) is 11.3. The minimum Gasteiger partial charge on any atom is -0.496 e. The summed E-state index contributed by atoms with van der Waals surface area (Å²) in [6, 6.07) is 13.6. The van der Waals surface area contributed by atoms with Crippen molar-refractivity contribution in [2.24, 2.45) is 0 Å². The number of hydrogen-bond acceptors (Lipinski definition) is 3. The van der Waals surface area contributed by atoms with Crippen molar-refractivity contribution in [2.45, 2.75) is 20.0 Å². The molecule has 2 aromatic carbocycles. The van der Waals surface area contributed by atoms with E-state index in [1.165, 1.54) is 5.56 Å². The fourth-order valence-corrected chi connectivity index (χ4v) is 1.97. The molecule has 0 radical (unpaired) electrons. The van der Waals surface area contributed by atoms with Gasteiger partial charge in [-0.3, -0.25) is 0 Å². The van der Waals surface area contributed by atoms with Gasteiger partial charge in [0.05, 0.1) is 12.8 Å². The molecular weight excluding hydrogens is 238 g/mol. The number of aryl methyl sites for hydroxylation is 1. The molecule has 0 aliphatic carbocycles. The molecule has 0 fully saturated rings. The molecule has 0 aliphatic heterocycles. The van der Waals surface area contributed by atoms with Gasteiger partial charge in [0.2, 0.25) is 0 Å². The number of methoxy groups -OCH3 is 1. The monoisotopic (exact) mass is 257 g/mol. The second-order valence-electron chi connectivity index (χ2n) is 4.33. The highest BCUT2D eigenvalue weighted by Gasteiger charge is 2.04. The third-order valence-electron chi connectivity index (χ3n) is 3.04. The number of para-hydroxylation sites is 2. The highest BCUT2D eigenvalue weighted by Crippen LogP contribution is 2.23. The molecule has 100 valence electrons. The fraction of sp³-hybridized carbons (Fsp3) is 0.250. The number of hydrogen-bond donors (Lipinski definition) is 1. The van der Waals surface area contributed by atoms with E-state index < -0.39 is 0 Å². The lowest BCUT2D eigenvalue weighted by Gasteiger charge is -2.11. The Labute approximate surface area is 114 Å². The van der Waals surface area contributed by atoms with Crippen molar-refractivity contribution < 1.29 is 9.47 Å². The van der Waals surface area contributed by atoms with Gasteiger partial charge < -0.3 is 15.2 Å². The summed E-state index contributed by atoms with van der Waals surface area (Å²) in [5, 5.41) is 0. The highest BCUT2D eigenvalue weighted by molar-refractivity contribution is 5.51. The molecule has 0 atom stereocenters. The van der Waals surface area contributed by atoms with Gasteiger partial charge in [-0.15, -0.1) is 0 Å². The Hall–Kier alpha value is -2.16. The molecule has 0 saturated carbocycles. The zero-order valence-corrected chi connectivity index (χ0v) is 11.3. The number of nitrogens with two attached hydrogens (primary N) is 1. The summed E-state index contributed by atoms with van der Waals surface area (Å²) in [7, 11) is 1.69. The lowest BCUT2D eigenvalue weighted by atomic mass is 10.1. The second-order valence-corrected chi connectivity index (χ2v) is 4.33. The fourth-order valence-electron chi connectivity index (χ4n) is 1.97. The molecule has 0 unspecified atom stereocenters. The molecule has 3 heteroatoms. The van der Waals surface area contributed by atoms with E-state index in [1.54, 1.807) is 7.11 Å². The maximum Gasteiger partial charge on any atom is 0.142 e. The molecule has 0 bridgehead atoms. The van der Waals surface area contributed by atoms with Gasteiger partial charge in [-0.25, -0.2) is 0 Å². The van der Waals surface area contributed by atoms with E-state index in [0.29, 0.717) is 12.3 Å². The summed E-state index contributed by atoms with van der Waals surface area (Å²) in [4.78, 5) is 0. The molecule has 2 rings (SSSR count). The Morgan fingerprint density at radius 2 is 1.84 bits per heavy atom. The van der Waals surface area contributed by atoms with Crippen LogP contribution in [-0.2, 0) is 13.0 Å². The number of ether oxygens (including phenoxy) is 2. The molecule has 0 saturated heterocycles. The largest absolute Gasteiger partial charge is 0.496 e. The number of anilines is 1. The van der Waals surface area contributed by atoms with Gasteiger partial charge in [-0.1, -0.05) is 25.1 Å². The van der Waals surface area contributed by atoms with Crippen LogP contribution in [0.1, 0.15) is 18.1 Å². The van der Waals surface area contributed by atoms with E-state index in [9.17, 15) is 0 Å². The normalized spacial score (nSPS) is 10.2. The smallest absolute Gasteiger partial charge is 0.142 e. The Kier molecular flexibility index (Phi) is 4.29. The average molecular weight is 257 g/mol. The SMILES string of the molecule is CCc1cc(COc2ccccc2N)ccc1OC. The van der Waals surface area contributed by atoms with Crippen molar-refractivity contribution >= 4 is 5.69 Å². The summed E-state index contributed by atoms with van der Waals surface area (Å²) >= 11 is 0. The average Bonchev–Trinajstić information content (AvgIpc) is 2.46. The molecule has 0 spiro atoms. The summed E-state index contributed by atoms with van der Waals surface area (Å²) in [6.45, 7) is 2.61. The second kappa shape index (κ2) is 6.14. The van der Waals surface area contributed by atoms with Gasteiger partial charge >= 0.3 is 0 Å². The van der Waals surface area contributed by atoms with Crippen molar-refractivity contribution in [1.82, 2.24) is 0 Å². The molecule has 0 aliphatic rings. The molecule has 0 amide bonds. The zero-order chi connectivity index (χ0) is 13.7. The van der Waals surface area contributed by atoms with Gasteiger partial charge in [-0.05, 0) is 41.8 Å².